The second-order valence-electron chi connectivity index (χ2n) is 5.80. The summed E-state index contributed by atoms with van der Waals surface area (Å²) in [6.45, 7) is 0. The third-order valence-electron chi connectivity index (χ3n) is 4.29. The van der Waals surface area contributed by atoms with E-state index in [4.69, 9.17) is 0 Å². The van der Waals surface area contributed by atoms with Gasteiger partial charge in [-0.2, -0.15) is 0 Å². The zero-order valence-corrected chi connectivity index (χ0v) is 11.8. The summed E-state index contributed by atoms with van der Waals surface area (Å²) in [6.07, 6.45) is 8.26. The Morgan fingerprint density at radius 2 is 1.84 bits per heavy atom. The minimum absolute atomic E-state index is 0.230. The summed E-state index contributed by atoms with van der Waals surface area (Å²) in [4.78, 5) is 0. The molecular weight excluding hydrogens is 256 g/mol. The first-order valence-electron chi connectivity index (χ1n) is 7.00. The Morgan fingerprint density at radius 3 is 2.47 bits per heavy atom. The van der Waals surface area contributed by atoms with Crippen LogP contribution in [0.1, 0.15) is 37.7 Å². The molecule has 2 bridgehead atoms. The highest BCUT2D eigenvalue weighted by Gasteiger charge is 2.46. The Kier molecular flexibility index (Phi) is 3.59. The first kappa shape index (κ1) is 13.1. The predicted octanol–water partition coefficient (Wildman–Crippen LogP) is 2.89. The monoisotopic (exact) mass is 276 g/mol. The van der Waals surface area contributed by atoms with Gasteiger partial charge in [0.25, 0.3) is 0 Å². The largest absolute Gasteiger partial charge is 0.389 e. The van der Waals surface area contributed by atoms with E-state index in [-0.39, 0.29) is 10.5 Å². The van der Waals surface area contributed by atoms with Crippen LogP contribution in [-0.2, 0) is 10.8 Å². The summed E-state index contributed by atoms with van der Waals surface area (Å²) in [7, 11) is -0.691. The van der Waals surface area contributed by atoms with Gasteiger partial charge in [0.1, 0.15) is 0 Å². The predicted molar refractivity (Wildman–Crippen MR) is 79.2 cm³/mol. The van der Waals surface area contributed by atoms with Crippen molar-refractivity contribution in [1.82, 2.24) is 0 Å². The van der Waals surface area contributed by atoms with Crippen molar-refractivity contribution < 1.29 is 9.32 Å². The fraction of sp³-hybridized carbons (Fsp3) is 0.500. The van der Waals surface area contributed by atoms with Gasteiger partial charge in [0.15, 0.2) is 0 Å². The van der Waals surface area contributed by atoms with Gasteiger partial charge in [-0.05, 0) is 37.7 Å². The molecule has 3 heteroatoms. The SMILES string of the molecule is O=S1C2CCC1CC(O)(C/C=C/c1ccccc1)C2. The van der Waals surface area contributed by atoms with Crippen LogP contribution >= 0.6 is 0 Å². The van der Waals surface area contributed by atoms with Crippen molar-refractivity contribution in [1.29, 1.82) is 0 Å². The highest BCUT2D eigenvalue weighted by atomic mass is 32.2. The molecule has 1 N–H and O–H groups in total. The van der Waals surface area contributed by atoms with E-state index in [0.29, 0.717) is 19.3 Å². The molecule has 1 aromatic rings. The average Bonchev–Trinajstić information content (AvgIpc) is 2.63. The standard InChI is InChI=1S/C16H20O2S/c17-16(10-4-7-13-5-2-1-3-6-13)11-14-8-9-15(12-16)19(14)18/h1-7,14-15,17H,8-12H2/b7-4+. The summed E-state index contributed by atoms with van der Waals surface area (Å²) >= 11 is 0. The Morgan fingerprint density at radius 1 is 1.21 bits per heavy atom. The number of hydrogen-bond donors (Lipinski definition) is 1. The lowest BCUT2D eigenvalue weighted by Crippen LogP contribution is -2.42. The highest BCUT2D eigenvalue weighted by molar-refractivity contribution is 7.86. The van der Waals surface area contributed by atoms with Gasteiger partial charge in [0.2, 0.25) is 0 Å². The van der Waals surface area contributed by atoms with Gasteiger partial charge < -0.3 is 5.11 Å². The van der Waals surface area contributed by atoms with E-state index in [1.54, 1.807) is 0 Å². The van der Waals surface area contributed by atoms with E-state index in [1.807, 2.05) is 18.2 Å². The zero-order valence-electron chi connectivity index (χ0n) is 11.0. The Labute approximate surface area is 117 Å². The minimum Gasteiger partial charge on any atom is -0.389 e. The molecule has 2 nitrogen and oxygen atoms in total. The first-order chi connectivity index (χ1) is 9.16. The lowest BCUT2D eigenvalue weighted by atomic mass is 9.90. The van der Waals surface area contributed by atoms with E-state index in [1.165, 1.54) is 0 Å². The van der Waals surface area contributed by atoms with Crippen molar-refractivity contribution >= 4 is 16.9 Å². The topological polar surface area (TPSA) is 37.3 Å². The molecule has 2 heterocycles. The maximum absolute atomic E-state index is 12.0. The van der Waals surface area contributed by atoms with Crippen molar-refractivity contribution in [3.05, 3.63) is 42.0 Å². The number of fused-ring (bicyclic) bond motifs is 2. The van der Waals surface area contributed by atoms with Crippen molar-refractivity contribution in [2.24, 2.45) is 0 Å². The van der Waals surface area contributed by atoms with Crippen LogP contribution in [0.2, 0.25) is 0 Å². The molecule has 2 aliphatic heterocycles. The van der Waals surface area contributed by atoms with Crippen molar-refractivity contribution in [2.45, 2.75) is 48.2 Å². The molecule has 0 aromatic heterocycles. The summed E-state index contributed by atoms with van der Waals surface area (Å²) in [5, 5.41) is 11.1. The molecule has 2 atom stereocenters. The van der Waals surface area contributed by atoms with Crippen LogP contribution in [0.25, 0.3) is 6.08 Å². The number of rotatable bonds is 3. The van der Waals surface area contributed by atoms with Gasteiger partial charge in [-0.3, -0.25) is 4.21 Å². The molecule has 19 heavy (non-hydrogen) atoms. The second-order valence-corrected chi connectivity index (χ2v) is 7.79. The molecule has 2 aliphatic rings. The van der Waals surface area contributed by atoms with E-state index >= 15 is 0 Å². The molecule has 1 aromatic carbocycles. The third-order valence-corrected chi connectivity index (χ3v) is 6.41. The maximum atomic E-state index is 12.0. The molecule has 3 rings (SSSR count). The molecule has 2 saturated heterocycles. The van der Waals surface area contributed by atoms with Gasteiger partial charge >= 0.3 is 0 Å². The first-order valence-corrected chi connectivity index (χ1v) is 8.27. The smallest absolute Gasteiger partial charge is 0.0705 e. The van der Waals surface area contributed by atoms with Crippen molar-refractivity contribution in [2.75, 3.05) is 0 Å². The second kappa shape index (κ2) is 5.22. The van der Waals surface area contributed by atoms with E-state index < -0.39 is 16.4 Å². The van der Waals surface area contributed by atoms with Crippen LogP contribution < -0.4 is 0 Å². The molecule has 0 aliphatic carbocycles. The Hall–Kier alpha value is -0.930. The summed E-state index contributed by atoms with van der Waals surface area (Å²) in [6, 6.07) is 10.1. The van der Waals surface area contributed by atoms with E-state index in [9.17, 15) is 9.32 Å². The third kappa shape index (κ3) is 2.82. The van der Waals surface area contributed by atoms with Crippen LogP contribution in [0.3, 0.4) is 0 Å². The van der Waals surface area contributed by atoms with Gasteiger partial charge in [-0.15, -0.1) is 0 Å². The van der Waals surface area contributed by atoms with Crippen molar-refractivity contribution in [3.63, 3.8) is 0 Å². The molecular formula is C16H20O2S. The molecule has 0 saturated carbocycles. The van der Waals surface area contributed by atoms with Crippen LogP contribution in [0.5, 0.6) is 0 Å². The minimum atomic E-state index is -0.691. The lowest BCUT2D eigenvalue weighted by molar-refractivity contribution is 0.0258. The Bertz CT molecular complexity index is 479. The molecule has 0 radical (unpaired) electrons. The molecule has 102 valence electrons. The number of benzene rings is 1. The van der Waals surface area contributed by atoms with Gasteiger partial charge in [-0.1, -0.05) is 42.5 Å². The van der Waals surface area contributed by atoms with Crippen LogP contribution in [0, 0.1) is 0 Å². The molecule has 0 spiro atoms. The van der Waals surface area contributed by atoms with E-state index in [0.717, 1.165) is 18.4 Å². The van der Waals surface area contributed by atoms with E-state index in [2.05, 4.69) is 24.3 Å². The quantitative estimate of drug-likeness (QED) is 0.921. The maximum Gasteiger partial charge on any atom is 0.0705 e. The number of hydrogen-bond acceptors (Lipinski definition) is 2. The highest BCUT2D eigenvalue weighted by Crippen LogP contribution is 2.42. The summed E-state index contributed by atoms with van der Waals surface area (Å²) < 4.78 is 12.0. The molecule has 2 fully saturated rings. The zero-order chi connectivity index (χ0) is 13.3. The lowest BCUT2D eigenvalue weighted by Gasteiger charge is -2.35. The van der Waals surface area contributed by atoms with Gasteiger partial charge in [-0.25, -0.2) is 0 Å². The summed E-state index contributed by atoms with van der Waals surface area (Å²) in [5.41, 5.74) is 0.527. The molecule has 2 unspecified atom stereocenters. The normalized spacial score (nSPS) is 37.8. The van der Waals surface area contributed by atoms with Crippen LogP contribution in [0.4, 0.5) is 0 Å². The van der Waals surface area contributed by atoms with Crippen LogP contribution in [-0.4, -0.2) is 25.4 Å². The number of aliphatic hydroxyl groups is 1. The Balaban J connectivity index is 1.64. The summed E-state index contributed by atoms with van der Waals surface area (Å²) in [5.74, 6) is 0. The van der Waals surface area contributed by atoms with Crippen LogP contribution in [0.15, 0.2) is 36.4 Å². The van der Waals surface area contributed by atoms with Crippen molar-refractivity contribution in [3.8, 4) is 0 Å². The molecule has 0 amide bonds. The van der Waals surface area contributed by atoms with Gasteiger partial charge in [0, 0.05) is 21.3 Å². The fourth-order valence-electron chi connectivity index (χ4n) is 3.32. The average molecular weight is 276 g/mol. The fourth-order valence-corrected chi connectivity index (χ4v) is 5.55. The van der Waals surface area contributed by atoms with Gasteiger partial charge in [0.05, 0.1) is 5.60 Å².